The summed E-state index contributed by atoms with van der Waals surface area (Å²) in [6, 6.07) is 25.7. The van der Waals surface area contributed by atoms with Gasteiger partial charge < -0.3 is 9.03 Å². The minimum atomic E-state index is 1.00. The van der Waals surface area contributed by atoms with Crippen molar-refractivity contribution in [3.63, 3.8) is 0 Å². The lowest BCUT2D eigenvalue weighted by molar-refractivity contribution is 0.777. The van der Waals surface area contributed by atoms with Crippen LogP contribution in [0.15, 0.2) is 77.7 Å². The second kappa shape index (κ2) is 9.45. The van der Waals surface area contributed by atoms with Gasteiger partial charge in [-0.2, -0.15) is 0 Å². The molecular weight excluding hydrogens is 432 g/mol. The molecule has 0 saturated carbocycles. The molecule has 4 aromatic rings. The van der Waals surface area contributed by atoms with Crippen molar-refractivity contribution in [1.29, 1.82) is 0 Å². The van der Waals surface area contributed by atoms with Crippen molar-refractivity contribution in [2.45, 2.75) is 25.2 Å². The minimum Gasteiger partial charge on any atom is -0.326 e. The number of aryl methyl sites for hydroxylation is 2. The largest absolute Gasteiger partial charge is 0.326 e. The maximum absolute atomic E-state index is 4.89. The Morgan fingerprint density at radius 2 is 1.88 bits per heavy atom. The average molecular weight is 459 g/mol. The zero-order valence-corrected chi connectivity index (χ0v) is 19.9. The van der Waals surface area contributed by atoms with E-state index in [4.69, 9.17) is 4.98 Å². The van der Waals surface area contributed by atoms with Gasteiger partial charge >= 0.3 is 0 Å². The summed E-state index contributed by atoms with van der Waals surface area (Å²) < 4.78 is 9.22. The van der Waals surface area contributed by atoms with Crippen molar-refractivity contribution < 1.29 is 0 Å². The second-order valence-corrected chi connectivity index (χ2v) is 9.77. The van der Waals surface area contributed by atoms with E-state index in [0.717, 1.165) is 40.9 Å². The van der Waals surface area contributed by atoms with Gasteiger partial charge in [-0.1, -0.05) is 30.3 Å². The molecule has 2 heterocycles. The van der Waals surface area contributed by atoms with Crippen LogP contribution in [0, 0.1) is 13.8 Å². The van der Waals surface area contributed by atoms with E-state index >= 15 is 0 Å². The third-order valence-electron chi connectivity index (χ3n) is 5.65. The van der Waals surface area contributed by atoms with Crippen LogP contribution < -0.4 is 13.7 Å². The molecule has 6 heteroatoms. The fourth-order valence-corrected chi connectivity index (χ4v) is 5.38. The Hall–Kier alpha value is -2.67. The topological polar surface area (TPSA) is 40.2 Å². The average Bonchev–Trinajstić information content (AvgIpc) is 2.84. The predicted molar refractivity (Wildman–Crippen MR) is 140 cm³/mol. The standard InChI is InChI=1S/C26H26N4S2/c1-18-8-10-21(17-23(18)25-12-9-20-6-3-4-7-24(20)28-25)29-31-26-13-11-22(16-19(26)2)30-15-5-14-27-32-30/h3-4,6-13,16-17,27,29H,5,14-15H2,1-2H3. The number of hydrogen-bond acceptors (Lipinski definition) is 6. The molecule has 0 spiro atoms. The monoisotopic (exact) mass is 458 g/mol. The van der Waals surface area contributed by atoms with Gasteiger partial charge in [0, 0.05) is 52.4 Å². The number of aromatic nitrogens is 1. The third kappa shape index (κ3) is 4.58. The van der Waals surface area contributed by atoms with E-state index < -0.39 is 0 Å². The summed E-state index contributed by atoms with van der Waals surface area (Å²) in [6.45, 7) is 6.47. The number of benzene rings is 3. The van der Waals surface area contributed by atoms with Gasteiger partial charge in [0.15, 0.2) is 0 Å². The van der Waals surface area contributed by atoms with Crippen LogP contribution in [0.3, 0.4) is 0 Å². The first-order valence-corrected chi connectivity index (χ1v) is 12.4. The van der Waals surface area contributed by atoms with Crippen LogP contribution in [0.1, 0.15) is 17.5 Å². The number of fused-ring (bicyclic) bond motifs is 1. The number of anilines is 2. The molecule has 0 bridgehead atoms. The molecule has 4 nitrogen and oxygen atoms in total. The number of para-hydroxylation sites is 1. The number of hydrogen-bond donors (Lipinski definition) is 2. The maximum Gasteiger partial charge on any atom is 0.0713 e. The number of nitrogens with one attached hydrogen (secondary N) is 2. The van der Waals surface area contributed by atoms with E-state index in [1.54, 1.807) is 24.1 Å². The Morgan fingerprint density at radius 3 is 2.72 bits per heavy atom. The molecule has 5 rings (SSSR count). The molecule has 2 N–H and O–H groups in total. The summed E-state index contributed by atoms with van der Waals surface area (Å²) >= 11 is 3.35. The van der Waals surface area contributed by atoms with Gasteiger partial charge in [0.1, 0.15) is 0 Å². The molecule has 1 aliphatic rings. The quantitative estimate of drug-likeness (QED) is 0.314. The Bertz CT molecular complexity index is 1250. The van der Waals surface area contributed by atoms with E-state index in [1.165, 1.54) is 28.1 Å². The highest BCUT2D eigenvalue weighted by Crippen LogP contribution is 2.32. The SMILES string of the molecule is Cc1cc(N2CCCNS2)ccc1SNc1ccc(C)c(-c2ccc3ccccc3n2)c1. The van der Waals surface area contributed by atoms with Crippen molar-refractivity contribution in [3.05, 3.63) is 83.9 Å². The molecule has 162 valence electrons. The van der Waals surface area contributed by atoms with Gasteiger partial charge in [-0.05, 0) is 85.8 Å². The summed E-state index contributed by atoms with van der Waals surface area (Å²) in [5.41, 5.74) is 8.00. The molecule has 1 saturated heterocycles. The number of pyridine rings is 1. The van der Waals surface area contributed by atoms with Crippen LogP contribution in [-0.4, -0.2) is 18.1 Å². The third-order valence-corrected chi connectivity index (χ3v) is 7.61. The molecule has 0 atom stereocenters. The van der Waals surface area contributed by atoms with E-state index in [0.29, 0.717) is 0 Å². The van der Waals surface area contributed by atoms with Crippen molar-refractivity contribution in [2.24, 2.45) is 0 Å². The predicted octanol–water partition coefficient (Wildman–Crippen LogP) is 7.00. The first kappa shape index (κ1) is 21.2. The molecule has 1 aliphatic heterocycles. The molecule has 3 aromatic carbocycles. The van der Waals surface area contributed by atoms with E-state index in [1.807, 2.05) is 12.1 Å². The normalized spacial score (nSPS) is 14.0. The van der Waals surface area contributed by atoms with Gasteiger partial charge in [0.05, 0.1) is 11.2 Å². The van der Waals surface area contributed by atoms with Crippen LogP contribution in [0.25, 0.3) is 22.2 Å². The van der Waals surface area contributed by atoms with Crippen LogP contribution in [0.4, 0.5) is 11.4 Å². The smallest absolute Gasteiger partial charge is 0.0713 e. The molecule has 32 heavy (non-hydrogen) atoms. The zero-order chi connectivity index (χ0) is 21.9. The molecule has 1 aromatic heterocycles. The van der Waals surface area contributed by atoms with Gasteiger partial charge in [0.2, 0.25) is 0 Å². The van der Waals surface area contributed by atoms with Gasteiger partial charge in [-0.15, -0.1) is 0 Å². The Balaban J connectivity index is 1.34. The van der Waals surface area contributed by atoms with Crippen molar-refractivity contribution in [1.82, 2.24) is 9.71 Å². The fourth-order valence-electron chi connectivity index (χ4n) is 3.84. The molecule has 0 amide bonds. The highest BCUT2D eigenvalue weighted by Gasteiger charge is 2.13. The van der Waals surface area contributed by atoms with E-state index in [9.17, 15) is 0 Å². The molecule has 0 unspecified atom stereocenters. The van der Waals surface area contributed by atoms with Crippen molar-refractivity contribution >= 4 is 46.4 Å². The van der Waals surface area contributed by atoms with Gasteiger partial charge in [-0.3, -0.25) is 0 Å². The van der Waals surface area contributed by atoms with Crippen LogP contribution >= 0.6 is 24.1 Å². The minimum absolute atomic E-state index is 1.00. The van der Waals surface area contributed by atoms with Crippen LogP contribution in [-0.2, 0) is 0 Å². The van der Waals surface area contributed by atoms with Crippen LogP contribution in [0.5, 0.6) is 0 Å². The van der Waals surface area contributed by atoms with Gasteiger partial charge in [0.25, 0.3) is 0 Å². The molecule has 1 fully saturated rings. The molecular formula is C26H26N4S2. The maximum atomic E-state index is 4.89. The lowest BCUT2D eigenvalue weighted by atomic mass is 10.0. The van der Waals surface area contributed by atoms with Crippen molar-refractivity contribution in [3.8, 4) is 11.3 Å². The summed E-state index contributed by atoms with van der Waals surface area (Å²) in [5, 5.41) is 1.16. The Kier molecular flexibility index (Phi) is 6.26. The summed E-state index contributed by atoms with van der Waals surface area (Å²) in [5.74, 6) is 0. The van der Waals surface area contributed by atoms with E-state index in [-0.39, 0.29) is 0 Å². The number of nitrogens with zero attached hydrogens (tertiary/aromatic N) is 2. The van der Waals surface area contributed by atoms with Gasteiger partial charge in [-0.25, -0.2) is 9.71 Å². The van der Waals surface area contributed by atoms with E-state index in [2.05, 4.69) is 88.3 Å². The zero-order valence-electron chi connectivity index (χ0n) is 18.3. The fraction of sp³-hybridized carbons (Fsp3) is 0.192. The first-order valence-electron chi connectivity index (χ1n) is 10.8. The van der Waals surface area contributed by atoms with Crippen molar-refractivity contribution in [2.75, 3.05) is 22.1 Å². The Morgan fingerprint density at radius 1 is 0.969 bits per heavy atom. The first-order chi connectivity index (χ1) is 15.7. The summed E-state index contributed by atoms with van der Waals surface area (Å²) in [4.78, 5) is 6.12. The lowest BCUT2D eigenvalue weighted by Gasteiger charge is -2.27. The highest BCUT2D eigenvalue weighted by atomic mass is 32.2. The molecule has 0 aliphatic carbocycles. The van der Waals surface area contributed by atoms with Crippen LogP contribution in [0.2, 0.25) is 0 Å². The second-order valence-electron chi connectivity index (χ2n) is 8.01. The Labute approximate surface area is 198 Å². The summed E-state index contributed by atoms with van der Waals surface area (Å²) in [7, 11) is 0. The highest BCUT2D eigenvalue weighted by molar-refractivity contribution is 8.00. The molecule has 0 radical (unpaired) electrons. The number of rotatable bonds is 5. The lowest BCUT2D eigenvalue weighted by Crippen LogP contribution is -2.29. The summed E-state index contributed by atoms with van der Waals surface area (Å²) in [6.07, 6.45) is 1.17.